The predicted molar refractivity (Wildman–Crippen MR) is 103 cm³/mol. The van der Waals surface area contributed by atoms with Crippen LogP contribution in [0.5, 0.6) is 0 Å². The Labute approximate surface area is 152 Å². The molecule has 5 nitrogen and oxygen atoms in total. The summed E-state index contributed by atoms with van der Waals surface area (Å²) >= 11 is 1.57. The lowest BCUT2D eigenvalue weighted by atomic mass is 10.1. The van der Waals surface area contributed by atoms with E-state index < -0.39 is 11.5 Å². The zero-order valence-electron chi connectivity index (χ0n) is 13.9. The molecule has 0 unspecified atom stereocenters. The second kappa shape index (κ2) is 6.57. The largest absolute Gasteiger partial charge is 0.422 e. The van der Waals surface area contributed by atoms with Gasteiger partial charge in [0.15, 0.2) is 0 Å². The number of nitrogens with zero attached hydrogens (tertiary/aromatic N) is 1. The van der Waals surface area contributed by atoms with Gasteiger partial charge in [-0.3, -0.25) is 4.79 Å². The summed E-state index contributed by atoms with van der Waals surface area (Å²) in [6.07, 6.45) is 0. The molecule has 0 saturated carbocycles. The van der Waals surface area contributed by atoms with Gasteiger partial charge in [-0.25, -0.2) is 9.78 Å². The zero-order valence-corrected chi connectivity index (χ0v) is 14.7. The maximum Gasteiger partial charge on any atom is 0.349 e. The highest BCUT2D eigenvalue weighted by molar-refractivity contribution is 7.09. The Morgan fingerprint density at radius 1 is 1.12 bits per heavy atom. The molecule has 0 atom stereocenters. The Balaban J connectivity index is 1.64. The highest BCUT2D eigenvalue weighted by atomic mass is 32.1. The normalized spacial score (nSPS) is 10.8. The van der Waals surface area contributed by atoms with Crippen molar-refractivity contribution in [3.63, 3.8) is 0 Å². The van der Waals surface area contributed by atoms with Gasteiger partial charge in [-0.2, -0.15) is 0 Å². The van der Waals surface area contributed by atoms with Crippen molar-refractivity contribution in [1.82, 2.24) is 4.98 Å². The van der Waals surface area contributed by atoms with Gasteiger partial charge >= 0.3 is 5.63 Å². The zero-order chi connectivity index (χ0) is 18.1. The van der Waals surface area contributed by atoms with Crippen LogP contribution in [-0.4, -0.2) is 10.9 Å². The summed E-state index contributed by atoms with van der Waals surface area (Å²) in [5.41, 5.74) is 2.11. The van der Waals surface area contributed by atoms with Crippen molar-refractivity contribution < 1.29 is 9.21 Å². The molecule has 0 aliphatic carbocycles. The fraction of sp³-hybridized carbons (Fsp3) is 0.0500. The molecule has 0 radical (unpaired) electrons. The third-order valence-corrected chi connectivity index (χ3v) is 4.69. The van der Waals surface area contributed by atoms with Crippen LogP contribution in [-0.2, 0) is 0 Å². The van der Waals surface area contributed by atoms with Crippen molar-refractivity contribution in [1.29, 1.82) is 0 Å². The van der Waals surface area contributed by atoms with Crippen LogP contribution in [0.4, 0.5) is 5.69 Å². The van der Waals surface area contributed by atoms with Gasteiger partial charge in [0, 0.05) is 22.0 Å². The lowest BCUT2D eigenvalue weighted by Crippen LogP contribution is -2.20. The summed E-state index contributed by atoms with van der Waals surface area (Å²) in [6.45, 7) is 1.94. The molecule has 0 bridgehead atoms. The number of thiazole rings is 1. The van der Waals surface area contributed by atoms with Crippen LogP contribution in [0.15, 0.2) is 69.2 Å². The van der Waals surface area contributed by atoms with E-state index in [1.807, 2.05) is 36.6 Å². The average Bonchev–Trinajstić information content (AvgIpc) is 3.08. The van der Waals surface area contributed by atoms with Crippen molar-refractivity contribution in [2.75, 3.05) is 5.32 Å². The van der Waals surface area contributed by atoms with Gasteiger partial charge in [0.25, 0.3) is 5.91 Å². The van der Waals surface area contributed by atoms with E-state index in [1.54, 1.807) is 41.7 Å². The summed E-state index contributed by atoms with van der Waals surface area (Å²) in [5.74, 6) is -0.504. The number of anilines is 1. The number of benzene rings is 2. The Morgan fingerprint density at radius 3 is 2.77 bits per heavy atom. The standard InChI is InChI=1S/C20H14N2O3S/c1-12-21-17(11-26-12)13-6-4-7-15(9-13)22-19(23)16-10-14-5-2-3-8-18(14)25-20(16)24/h2-11H,1H3,(H,22,23). The molecule has 1 N–H and O–H groups in total. The molecular weight excluding hydrogens is 348 g/mol. The number of aromatic nitrogens is 1. The summed E-state index contributed by atoms with van der Waals surface area (Å²) in [4.78, 5) is 29.1. The molecule has 128 valence electrons. The monoisotopic (exact) mass is 362 g/mol. The maximum atomic E-state index is 12.5. The number of carbonyl (C=O) groups excluding carboxylic acids is 1. The quantitative estimate of drug-likeness (QED) is 0.546. The Hall–Kier alpha value is -3.25. The van der Waals surface area contributed by atoms with Crippen LogP contribution in [0.3, 0.4) is 0 Å². The first-order valence-electron chi connectivity index (χ1n) is 7.97. The Morgan fingerprint density at radius 2 is 1.96 bits per heavy atom. The second-order valence-corrected chi connectivity index (χ2v) is 6.83. The number of hydrogen-bond acceptors (Lipinski definition) is 5. The van der Waals surface area contributed by atoms with Gasteiger partial charge in [-0.15, -0.1) is 11.3 Å². The number of nitrogens with one attached hydrogen (secondary N) is 1. The van der Waals surface area contributed by atoms with Crippen molar-refractivity contribution in [3.05, 3.63) is 81.0 Å². The fourth-order valence-corrected chi connectivity index (χ4v) is 3.29. The molecule has 0 fully saturated rings. The number of hydrogen-bond donors (Lipinski definition) is 1. The second-order valence-electron chi connectivity index (χ2n) is 5.77. The third-order valence-electron chi connectivity index (χ3n) is 3.92. The van der Waals surface area contributed by atoms with Crippen molar-refractivity contribution in [2.24, 2.45) is 0 Å². The smallest absolute Gasteiger partial charge is 0.349 e. The highest BCUT2D eigenvalue weighted by Gasteiger charge is 2.14. The van der Waals surface area contributed by atoms with E-state index in [1.165, 1.54) is 0 Å². The van der Waals surface area contributed by atoms with E-state index in [9.17, 15) is 9.59 Å². The van der Waals surface area contributed by atoms with E-state index in [2.05, 4.69) is 10.3 Å². The number of fused-ring (bicyclic) bond motifs is 1. The molecule has 4 rings (SSSR count). The number of carbonyl (C=O) groups is 1. The summed E-state index contributed by atoms with van der Waals surface area (Å²) in [5, 5.41) is 6.40. The van der Waals surface area contributed by atoms with Crippen LogP contribution in [0, 0.1) is 6.92 Å². The lowest BCUT2D eigenvalue weighted by molar-refractivity contribution is 0.102. The minimum Gasteiger partial charge on any atom is -0.422 e. The van der Waals surface area contributed by atoms with E-state index in [0.717, 1.165) is 16.3 Å². The van der Waals surface area contributed by atoms with Crippen LogP contribution >= 0.6 is 11.3 Å². The van der Waals surface area contributed by atoms with E-state index in [4.69, 9.17) is 4.42 Å². The molecule has 4 aromatic rings. The topological polar surface area (TPSA) is 72.2 Å². The molecule has 2 heterocycles. The maximum absolute atomic E-state index is 12.5. The first-order chi connectivity index (χ1) is 12.6. The van der Waals surface area contributed by atoms with Gasteiger partial charge in [-0.1, -0.05) is 30.3 Å². The molecule has 0 aliphatic rings. The minimum absolute atomic E-state index is 0.0291. The highest BCUT2D eigenvalue weighted by Crippen LogP contribution is 2.24. The molecule has 0 saturated heterocycles. The predicted octanol–water partition coefficient (Wildman–Crippen LogP) is 4.48. The lowest BCUT2D eigenvalue weighted by Gasteiger charge is -2.07. The number of rotatable bonds is 3. The first-order valence-corrected chi connectivity index (χ1v) is 8.85. The van der Waals surface area contributed by atoms with Gasteiger partial charge in [0.2, 0.25) is 0 Å². The number of aryl methyl sites for hydroxylation is 1. The molecule has 2 aromatic carbocycles. The van der Waals surface area contributed by atoms with E-state index >= 15 is 0 Å². The molecule has 0 aliphatic heterocycles. The minimum atomic E-state index is -0.660. The molecule has 6 heteroatoms. The number of para-hydroxylation sites is 1. The van der Waals surface area contributed by atoms with Crippen molar-refractivity contribution >= 4 is 33.9 Å². The Bertz CT molecular complexity index is 1180. The molecule has 26 heavy (non-hydrogen) atoms. The molecule has 2 aromatic heterocycles. The SMILES string of the molecule is Cc1nc(-c2cccc(NC(=O)c3cc4ccccc4oc3=O)c2)cs1. The summed E-state index contributed by atoms with van der Waals surface area (Å²) < 4.78 is 5.22. The van der Waals surface area contributed by atoms with Gasteiger partial charge in [-0.05, 0) is 31.2 Å². The summed E-state index contributed by atoms with van der Waals surface area (Å²) in [7, 11) is 0. The van der Waals surface area contributed by atoms with E-state index in [-0.39, 0.29) is 5.56 Å². The first kappa shape index (κ1) is 16.2. The van der Waals surface area contributed by atoms with Crippen LogP contribution in [0.2, 0.25) is 0 Å². The molecule has 1 amide bonds. The third kappa shape index (κ3) is 3.14. The average molecular weight is 362 g/mol. The van der Waals surface area contributed by atoms with Crippen LogP contribution < -0.4 is 10.9 Å². The number of amides is 1. The van der Waals surface area contributed by atoms with Gasteiger partial charge < -0.3 is 9.73 Å². The van der Waals surface area contributed by atoms with Gasteiger partial charge in [0.05, 0.1) is 10.7 Å². The van der Waals surface area contributed by atoms with Crippen molar-refractivity contribution in [3.8, 4) is 11.3 Å². The fourth-order valence-electron chi connectivity index (χ4n) is 2.67. The van der Waals surface area contributed by atoms with Crippen molar-refractivity contribution in [2.45, 2.75) is 6.92 Å². The van der Waals surface area contributed by atoms with Crippen LogP contribution in [0.25, 0.3) is 22.2 Å². The van der Waals surface area contributed by atoms with E-state index in [0.29, 0.717) is 16.7 Å². The molecule has 0 spiro atoms. The molecular formula is C20H14N2O3S. The summed E-state index contributed by atoms with van der Waals surface area (Å²) in [6, 6.07) is 16.0. The van der Waals surface area contributed by atoms with Crippen LogP contribution in [0.1, 0.15) is 15.4 Å². The van der Waals surface area contributed by atoms with Gasteiger partial charge in [0.1, 0.15) is 11.1 Å². The Kier molecular flexibility index (Phi) is 4.10.